The van der Waals surface area contributed by atoms with E-state index in [2.05, 4.69) is 38.7 Å². The molecule has 31 heavy (non-hydrogen) atoms. The Balaban J connectivity index is 1.42. The van der Waals surface area contributed by atoms with E-state index in [1.807, 2.05) is 25.2 Å². The van der Waals surface area contributed by atoms with Crippen LogP contribution in [0.3, 0.4) is 0 Å². The number of hydrogen-bond donors (Lipinski definition) is 2. The summed E-state index contributed by atoms with van der Waals surface area (Å²) >= 11 is 6.60. The zero-order valence-electron chi connectivity index (χ0n) is 18.3. The summed E-state index contributed by atoms with van der Waals surface area (Å²) in [4.78, 5) is 6.97. The second-order valence-electron chi connectivity index (χ2n) is 8.45. The number of rotatable bonds is 7. The first-order valence-electron chi connectivity index (χ1n) is 11.3. The van der Waals surface area contributed by atoms with E-state index < -0.39 is 0 Å². The maximum absolute atomic E-state index is 6.60. The van der Waals surface area contributed by atoms with Crippen LogP contribution in [0.15, 0.2) is 52.1 Å². The van der Waals surface area contributed by atoms with Gasteiger partial charge in [0.2, 0.25) is 0 Å². The molecule has 4 rings (SSSR count). The number of ether oxygens (including phenoxy) is 1. The normalized spacial score (nSPS) is 20.5. The summed E-state index contributed by atoms with van der Waals surface area (Å²) in [5.41, 5.74) is 1.12. The van der Waals surface area contributed by atoms with E-state index in [0.29, 0.717) is 0 Å². The lowest BCUT2D eigenvalue weighted by Crippen LogP contribution is -2.49. The first kappa shape index (κ1) is 22.2. The molecule has 2 N–H and O–H groups in total. The quantitative estimate of drug-likeness (QED) is 0.499. The van der Waals surface area contributed by atoms with Crippen molar-refractivity contribution in [1.29, 1.82) is 0 Å². The molecular formula is C24H33ClN4O2. The van der Waals surface area contributed by atoms with Crippen LogP contribution in [0.2, 0.25) is 5.02 Å². The Bertz CT molecular complexity index is 843. The maximum Gasteiger partial charge on any atom is 0.191 e. The van der Waals surface area contributed by atoms with Crippen molar-refractivity contribution in [2.24, 2.45) is 4.99 Å². The van der Waals surface area contributed by atoms with E-state index in [4.69, 9.17) is 20.8 Å². The number of hydrogen-bond acceptors (Lipinski definition) is 4. The molecule has 1 aromatic heterocycles. The molecule has 2 aliphatic rings. The minimum Gasteiger partial charge on any atom is -0.468 e. The second kappa shape index (κ2) is 10.5. The van der Waals surface area contributed by atoms with Crippen molar-refractivity contribution >= 4 is 17.6 Å². The van der Waals surface area contributed by atoms with Crippen LogP contribution in [-0.4, -0.2) is 57.3 Å². The molecule has 2 aliphatic heterocycles. The Kier molecular flexibility index (Phi) is 7.54. The van der Waals surface area contributed by atoms with Crippen LogP contribution in [0.4, 0.5) is 0 Å². The van der Waals surface area contributed by atoms with Gasteiger partial charge in [0.1, 0.15) is 5.76 Å². The minimum absolute atomic E-state index is 0.0659. The average molecular weight is 445 g/mol. The van der Waals surface area contributed by atoms with Crippen LogP contribution in [0.5, 0.6) is 0 Å². The van der Waals surface area contributed by atoms with E-state index in [1.54, 1.807) is 6.26 Å². The highest BCUT2D eigenvalue weighted by Crippen LogP contribution is 2.38. The lowest BCUT2D eigenvalue weighted by atomic mass is 9.74. The highest BCUT2D eigenvalue weighted by Gasteiger charge is 2.36. The topological polar surface area (TPSA) is 62.0 Å². The van der Waals surface area contributed by atoms with Gasteiger partial charge in [-0.3, -0.25) is 9.89 Å². The number of benzene rings is 1. The third-order valence-electron chi connectivity index (χ3n) is 6.63. The average Bonchev–Trinajstić information content (AvgIpc) is 3.52. The zero-order valence-corrected chi connectivity index (χ0v) is 19.0. The number of furan rings is 1. The molecule has 168 valence electrons. The Labute approximate surface area is 190 Å². The van der Waals surface area contributed by atoms with Crippen LogP contribution < -0.4 is 10.6 Å². The number of nitrogens with zero attached hydrogens (tertiary/aromatic N) is 2. The molecule has 2 fully saturated rings. The van der Waals surface area contributed by atoms with Crippen molar-refractivity contribution in [1.82, 2.24) is 15.5 Å². The third kappa shape index (κ3) is 5.25. The van der Waals surface area contributed by atoms with Gasteiger partial charge in [-0.15, -0.1) is 0 Å². The van der Waals surface area contributed by atoms with E-state index in [-0.39, 0.29) is 11.5 Å². The van der Waals surface area contributed by atoms with Gasteiger partial charge in [-0.25, -0.2) is 0 Å². The smallest absolute Gasteiger partial charge is 0.191 e. The van der Waals surface area contributed by atoms with Crippen molar-refractivity contribution in [3.8, 4) is 0 Å². The maximum atomic E-state index is 6.60. The fraction of sp³-hybridized carbons (Fsp3) is 0.542. The monoisotopic (exact) mass is 444 g/mol. The van der Waals surface area contributed by atoms with Crippen molar-refractivity contribution in [2.75, 3.05) is 46.4 Å². The largest absolute Gasteiger partial charge is 0.468 e. The first-order valence-corrected chi connectivity index (χ1v) is 11.6. The van der Waals surface area contributed by atoms with Crippen LogP contribution in [0.25, 0.3) is 0 Å². The predicted octanol–water partition coefficient (Wildman–Crippen LogP) is 3.98. The summed E-state index contributed by atoms with van der Waals surface area (Å²) in [6, 6.07) is 12.4. The lowest BCUT2D eigenvalue weighted by Gasteiger charge is -2.39. The third-order valence-corrected chi connectivity index (χ3v) is 6.96. The zero-order chi connectivity index (χ0) is 21.5. The molecule has 0 bridgehead atoms. The van der Waals surface area contributed by atoms with Crippen LogP contribution in [0, 0.1) is 0 Å². The molecule has 0 radical (unpaired) electrons. The van der Waals surface area contributed by atoms with Gasteiger partial charge in [0.15, 0.2) is 5.96 Å². The first-order chi connectivity index (χ1) is 15.2. The van der Waals surface area contributed by atoms with Crippen molar-refractivity contribution in [2.45, 2.75) is 37.1 Å². The molecule has 7 heteroatoms. The van der Waals surface area contributed by atoms with Gasteiger partial charge in [0, 0.05) is 43.8 Å². The molecular weight excluding hydrogens is 412 g/mol. The number of halogens is 1. The fourth-order valence-corrected chi connectivity index (χ4v) is 5.14. The molecule has 0 aliphatic carbocycles. The van der Waals surface area contributed by atoms with Gasteiger partial charge in [-0.05, 0) is 62.5 Å². The molecule has 2 saturated heterocycles. The van der Waals surface area contributed by atoms with Crippen molar-refractivity contribution < 1.29 is 9.15 Å². The van der Waals surface area contributed by atoms with Gasteiger partial charge < -0.3 is 19.8 Å². The van der Waals surface area contributed by atoms with Crippen LogP contribution in [0.1, 0.15) is 43.0 Å². The summed E-state index contributed by atoms with van der Waals surface area (Å²) in [5, 5.41) is 7.92. The molecule has 1 unspecified atom stereocenters. The van der Waals surface area contributed by atoms with Gasteiger partial charge in [-0.2, -0.15) is 0 Å². The van der Waals surface area contributed by atoms with E-state index >= 15 is 0 Å². The lowest BCUT2D eigenvalue weighted by molar-refractivity contribution is 0.0514. The van der Waals surface area contributed by atoms with E-state index in [1.165, 1.54) is 18.4 Å². The number of nitrogens with one attached hydrogen (secondary N) is 2. The number of guanidine groups is 1. The molecule has 2 aromatic rings. The Morgan fingerprint density at radius 3 is 2.58 bits per heavy atom. The summed E-state index contributed by atoms with van der Waals surface area (Å²) in [6.45, 7) is 5.20. The Hall–Kier alpha value is -2.02. The highest BCUT2D eigenvalue weighted by molar-refractivity contribution is 6.31. The van der Waals surface area contributed by atoms with Gasteiger partial charge >= 0.3 is 0 Å². The number of aliphatic imine (C=N–C) groups is 1. The highest BCUT2D eigenvalue weighted by atomic mass is 35.5. The summed E-state index contributed by atoms with van der Waals surface area (Å²) in [6.07, 6.45) is 6.11. The molecule has 1 atom stereocenters. The molecule has 0 saturated carbocycles. The molecule has 0 spiro atoms. The van der Waals surface area contributed by atoms with E-state index in [0.717, 1.165) is 69.0 Å². The van der Waals surface area contributed by atoms with E-state index in [9.17, 15) is 0 Å². The number of likely N-dealkylation sites (tertiary alicyclic amines) is 1. The second-order valence-corrected chi connectivity index (χ2v) is 8.86. The Morgan fingerprint density at radius 1 is 1.13 bits per heavy atom. The minimum atomic E-state index is -0.0659. The van der Waals surface area contributed by atoms with Crippen LogP contribution >= 0.6 is 11.6 Å². The summed E-state index contributed by atoms with van der Waals surface area (Å²) < 4.78 is 11.4. The molecule has 0 amide bonds. The Morgan fingerprint density at radius 2 is 1.90 bits per heavy atom. The van der Waals surface area contributed by atoms with Gasteiger partial charge in [0.05, 0.1) is 12.3 Å². The SMILES string of the molecule is CN=C(NCC(c1ccco1)N1CCCC1)NCC1(c2ccccc2Cl)CCOCC1. The molecule has 6 nitrogen and oxygen atoms in total. The standard InChI is InChI=1S/C24H33ClN4O2/c1-26-23(27-17-21(22-9-6-14-31-22)29-12-4-5-13-29)28-18-24(10-15-30-16-11-24)19-7-2-3-8-20(19)25/h2-3,6-9,14,21H,4-5,10-13,15-18H2,1H3,(H2,26,27,28). The summed E-state index contributed by atoms with van der Waals surface area (Å²) in [7, 11) is 1.82. The van der Waals surface area contributed by atoms with Crippen molar-refractivity contribution in [3.63, 3.8) is 0 Å². The molecule has 1 aromatic carbocycles. The predicted molar refractivity (Wildman–Crippen MR) is 125 cm³/mol. The van der Waals surface area contributed by atoms with Gasteiger partial charge in [-0.1, -0.05) is 29.8 Å². The molecule has 3 heterocycles. The fourth-order valence-electron chi connectivity index (χ4n) is 4.81. The summed E-state index contributed by atoms with van der Waals surface area (Å²) in [5.74, 6) is 1.80. The van der Waals surface area contributed by atoms with Gasteiger partial charge in [0.25, 0.3) is 0 Å². The van der Waals surface area contributed by atoms with Crippen molar-refractivity contribution in [3.05, 3.63) is 59.0 Å². The van der Waals surface area contributed by atoms with Crippen LogP contribution in [-0.2, 0) is 10.2 Å².